The molecule has 1 atom stereocenters. The molecule has 1 fully saturated rings. The van der Waals surface area contributed by atoms with Crippen LogP contribution in [0.3, 0.4) is 0 Å². The maximum Gasteiger partial charge on any atom is 0.258 e. The van der Waals surface area contributed by atoms with Crippen molar-refractivity contribution in [3.05, 3.63) is 35.7 Å². The largest absolute Gasteiger partial charge is 0.370 e. The molecule has 100 valence electrons. The fraction of sp³-hybridized carbons (Fsp3) is 0.429. The topological polar surface area (TPSA) is 74.2 Å². The molecule has 1 saturated heterocycles. The number of hydrogen-bond donors (Lipinski definition) is 1. The van der Waals surface area contributed by atoms with Crippen LogP contribution in [0.5, 0.6) is 0 Å². The average Bonchev–Trinajstić information content (AvgIpc) is 3.11. The number of ether oxygens (including phenoxy) is 1. The number of rotatable bonds is 4. The van der Waals surface area contributed by atoms with E-state index in [1.807, 2.05) is 24.3 Å². The second-order valence-electron chi connectivity index (χ2n) is 4.69. The molecule has 3 rings (SSSR count). The van der Waals surface area contributed by atoms with Crippen LogP contribution in [-0.2, 0) is 11.2 Å². The zero-order chi connectivity index (χ0) is 13.1. The third-order valence-corrected chi connectivity index (χ3v) is 3.29. The van der Waals surface area contributed by atoms with Gasteiger partial charge in [0.1, 0.15) is 6.10 Å². The van der Waals surface area contributed by atoms with Crippen LogP contribution in [0.15, 0.2) is 28.8 Å². The molecule has 1 aliphatic heterocycles. The maximum atomic E-state index is 5.54. The van der Waals surface area contributed by atoms with E-state index in [0.717, 1.165) is 31.4 Å². The van der Waals surface area contributed by atoms with Crippen LogP contribution in [-0.4, -0.2) is 23.3 Å². The molecule has 0 aliphatic carbocycles. The SMILES string of the molecule is NCCc1ccc(-c2nc(C3CCCO3)no2)cc1. The van der Waals surface area contributed by atoms with Crippen molar-refractivity contribution in [2.24, 2.45) is 5.73 Å². The molecule has 0 bridgehead atoms. The highest BCUT2D eigenvalue weighted by atomic mass is 16.5. The Bertz CT molecular complexity index is 530. The van der Waals surface area contributed by atoms with E-state index in [0.29, 0.717) is 18.3 Å². The molecule has 0 radical (unpaired) electrons. The van der Waals surface area contributed by atoms with Gasteiger partial charge >= 0.3 is 0 Å². The lowest BCUT2D eigenvalue weighted by Gasteiger charge is -2.01. The van der Waals surface area contributed by atoms with Gasteiger partial charge in [-0.1, -0.05) is 17.3 Å². The molecule has 1 aromatic carbocycles. The fourth-order valence-electron chi connectivity index (χ4n) is 2.24. The van der Waals surface area contributed by atoms with E-state index in [9.17, 15) is 0 Å². The Morgan fingerprint density at radius 3 is 2.79 bits per heavy atom. The van der Waals surface area contributed by atoms with E-state index >= 15 is 0 Å². The van der Waals surface area contributed by atoms with Crippen LogP contribution in [0.2, 0.25) is 0 Å². The Hall–Kier alpha value is -1.72. The number of nitrogens with zero attached hydrogens (tertiary/aromatic N) is 2. The van der Waals surface area contributed by atoms with E-state index < -0.39 is 0 Å². The molecule has 1 aliphatic rings. The van der Waals surface area contributed by atoms with Crippen LogP contribution in [0.1, 0.15) is 30.3 Å². The molecule has 2 N–H and O–H groups in total. The van der Waals surface area contributed by atoms with Crippen LogP contribution < -0.4 is 5.73 Å². The highest BCUT2D eigenvalue weighted by molar-refractivity contribution is 5.53. The lowest BCUT2D eigenvalue weighted by molar-refractivity contribution is 0.103. The molecule has 2 heterocycles. The summed E-state index contributed by atoms with van der Waals surface area (Å²) in [5.74, 6) is 1.20. The van der Waals surface area contributed by atoms with Gasteiger partial charge in [0.05, 0.1) is 0 Å². The van der Waals surface area contributed by atoms with Crippen molar-refractivity contribution in [3.8, 4) is 11.5 Å². The van der Waals surface area contributed by atoms with E-state index in [-0.39, 0.29) is 6.10 Å². The van der Waals surface area contributed by atoms with Gasteiger partial charge in [-0.3, -0.25) is 0 Å². The Morgan fingerprint density at radius 1 is 1.26 bits per heavy atom. The molecule has 2 aromatic rings. The van der Waals surface area contributed by atoms with Gasteiger partial charge in [-0.25, -0.2) is 0 Å². The lowest BCUT2D eigenvalue weighted by Crippen LogP contribution is -2.02. The second kappa shape index (κ2) is 5.50. The molecule has 0 saturated carbocycles. The van der Waals surface area contributed by atoms with E-state index in [1.165, 1.54) is 5.56 Å². The van der Waals surface area contributed by atoms with Crippen molar-refractivity contribution in [1.29, 1.82) is 0 Å². The number of aromatic nitrogens is 2. The van der Waals surface area contributed by atoms with Gasteiger partial charge in [-0.15, -0.1) is 0 Å². The van der Waals surface area contributed by atoms with Gasteiger partial charge in [-0.05, 0) is 43.5 Å². The van der Waals surface area contributed by atoms with Gasteiger partial charge in [0, 0.05) is 12.2 Å². The monoisotopic (exact) mass is 259 g/mol. The molecule has 1 unspecified atom stereocenters. The average molecular weight is 259 g/mol. The molecular formula is C14H17N3O2. The third-order valence-electron chi connectivity index (χ3n) is 3.29. The zero-order valence-electron chi connectivity index (χ0n) is 10.7. The van der Waals surface area contributed by atoms with Crippen LogP contribution in [0, 0.1) is 0 Å². The Morgan fingerprint density at radius 2 is 2.11 bits per heavy atom. The predicted octanol–water partition coefficient (Wildman–Crippen LogP) is 2.09. The van der Waals surface area contributed by atoms with Crippen molar-refractivity contribution in [2.75, 3.05) is 13.2 Å². The van der Waals surface area contributed by atoms with Crippen molar-refractivity contribution in [1.82, 2.24) is 10.1 Å². The molecule has 1 aromatic heterocycles. The maximum absolute atomic E-state index is 5.54. The highest BCUT2D eigenvalue weighted by Crippen LogP contribution is 2.28. The number of hydrogen-bond acceptors (Lipinski definition) is 5. The first-order chi connectivity index (χ1) is 9.36. The third kappa shape index (κ3) is 2.67. The van der Waals surface area contributed by atoms with Gasteiger partial charge in [-0.2, -0.15) is 4.98 Å². The van der Waals surface area contributed by atoms with Gasteiger partial charge in [0.15, 0.2) is 0 Å². The Balaban J connectivity index is 1.77. The predicted molar refractivity (Wildman–Crippen MR) is 70.4 cm³/mol. The van der Waals surface area contributed by atoms with E-state index in [1.54, 1.807) is 0 Å². The van der Waals surface area contributed by atoms with Crippen LogP contribution >= 0.6 is 0 Å². The first kappa shape index (κ1) is 12.3. The van der Waals surface area contributed by atoms with E-state index in [2.05, 4.69) is 10.1 Å². The second-order valence-corrected chi connectivity index (χ2v) is 4.69. The standard InChI is InChI=1S/C14H17N3O2/c15-8-7-10-3-5-11(6-4-10)14-16-13(17-19-14)12-2-1-9-18-12/h3-6,12H,1-2,7-9,15H2. The molecular weight excluding hydrogens is 242 g/mol. The molecule has 5 heteroatoms. The fourth-order valence-corrected chi connectivity index (χ4v) is 2.24. The summed E-state index contributed by atoms with van der Waals surface area (Å²) in [4.78, 5) is 4.41. The molecule has 0 amide bonds. The molecule has 5 nitrogen and oxygen atoms in total. The quantitative estimate of drug-likeness (QED) is 0.910. The minimum absolute atomic E-state index is 0.00554. The van der Waals surface area contributed by atoms with Gasteiger partial charge in [0.2, 0.25) is 5.82 Å². The zero-order valence-corrected chi connectivity index (χ0v) is 10.7. The Kier molecular flexibility index (Phi) is 3.57. The molecule has 19 heavy (non-hydrogen) atoms. The molecule has 0 spiro atoms. The van der Waals surface area contributed by atoms with Crippen LogP contribution in [0.4, 0.5) is 0 Å². The van der Waals surface area contributed by atoms with Crippen molar-refractivity contribution < 1.29 is 9.26 Å². The Labute approximate surface area is 111 Å². The minimum atomic E-state index is -0.00554. The normalized spacial score (nSPS) is 18.9. The van der Waals surface area contributed by atoms with Gasteiger partial charge in [0.25, 0.3) is 5.89 Å². The smallest absolute Gasteiger partial charge is 0.258 e. The van der Waals surface area contributed by atoms with Crippen molar-refractivity contribution >= 4 is 0 Å². The minimum Gasteiger partial charge on any atom is -0.370 e. The van der Waals surface area contributed by atoms with Crippen LogP contribution in [0.25, 0.3) is 11.5 Å². The first-order valence-corrected chi connectivity index (χ1v) is 6.61. The lowest BCUT2D eigenvalue weighted by atomic mass is 10.1. The summed E-state index contributed by atoms with van der Waals surface area (Å²) >= 11 is 0. The summed E-state index contributed by atoms with van der Waals surface area (Å²) in [6, 6.07) is 8.05. The summed E-state index contributed by atoms with van der Waals surface area (Å²) in [5, 5.41) is 4.00. The summed E-state index contributed by atoms with van der Waals surface area (Å²) < 4.78 is 10.8. The van der Waals surface area contributed by atoms with Crippen molar-refractivity contribution in [3.63, 3.8) is 0 Å². The van der Waals surface area contributed by atoms with Crippen molar-refractivity contribution in [2.45, 2.75) is 25.4 Å². The van der Waals surface area contributed by atoms with Gasteiger partial charge < -0.3 is 15.0 Å². The first-order valence-electron chi connectivity index (χ1n) is 6.61. The highest BCUT2D eigenvalue weighted by Gasteiger charge is 2.23. The number of nitrogens with two attached hydrogens (primary N) is 1. The summed E-state index contributed by atoms with van der Waals surface area (Å²) in [6.45, 7) is 1.44. The summed E-state index contributed by atoms with van der Waals surface area (Å²) in [7, 11) is 0. The van der Waals surface area contributed by atoms with E-state index in [4.69, 9.17) is 15.0 Å². The number of benzene rings is 1. The summed E-state index contributed by atoms with van der Waals surface area (Å²) in [6.07, 6.45) is 2.90. The summed E-state index contributed by atoms with van der Waals surface area (Å²) in [5.41, 5.74) is 7.67.